The molecule has 112 valence electrons. The summed E-state index contributed by atoms with van der Waals surface area (Å²) in [5, 5.41) is 18.2. The van der Waals surface area contributed by atoms with E-state index in [0.29, 0.717) is 16.6 Å². The summed E-state index contributed by atoms with van der Waals surface area (Å²) in [6.45, 7) is 2.42. The van der Waals surface area contributed by atoms with Gasteiger partial charge in [0, 0.05) is 11.4 Å². The van der Waals surface area contributed by atoms with Crippen molar-refractivity contribution in [1.29, 1.82) is 0 Å². The predicted molar refractivity (Wildman–Crippen MR) is 76.2 cm³/mol. The number of rotatable bonds is 5. The van der Waals surface area contributed by atoms with E-state index in [4.69, 9.17) is 10.9 Å². The van der Waals surface area contributed by atoms with Crippen LogP contribution in [0.4, 0.5) is 4.39 Å². The largest absolute Gasteiger partial charge is 0.409 e. The molecule has 21 heavy (non-hydrogen) atoms. The van der Waals surface area contributed by atoms with Crippen LogP contribution in [0.2, 0.25) is 0 Å². The zero-order valence-corrected chi connectivity index (χ0v) is 12.0. The van der Waals surface area contributed by atoms with Gasteiger partial charge in [-0.2, -0.15) is 0 Å². The SMILES string of the molecule is CCCn1c(Sc2cccc(F)c2C(N)=NO)n[nH]c1=O. The molecule has 9 heteroatoms. The number of halogens is 1. The summed E-state index contributed by atoms with van der Waals surface area (Å²) in [6.07, 6.45) is 0.753. The number of hydrogen-bond acceptors (Lipinski definition) is 5. The fourth-order valence-corrected chi connectivity index (χ4v) is 2.81. The Morgan fingerprint density at radius 3 is 3.05 bits per heavy atom. The molecule has 0 atom stereocenters. The smallest absolute Gasteiger partial charge is 0.343 e. The first-order valence-electron chi connectivity index (χ1n) is 6.18. The first kappa shape index (κ1) is 15.1. The molecule has 7 nitrogen and oxygen atoms in total. The fraction of sp³-hybridized carbons (Fsp3) is 0.250. The molecule has 2 rings (SSSR count). The molecule has 0 fully saturated rings. The number of benzene rings is 1. The fourth-order valence-electron chi connectivity index (χ4n) is 1.79. The van der Waals surface area contributed by atoms with E-state index in [2.05, 4.69) is 15.4 Å². The molecule has 1 aromatic carbocycles. The van der Waals surface area contributed by atoms with E-state index >= 15 is 0 Å². The van der Waals surface area contributed by atoms with Crippen molar-refractivity contribution in [3.05, 3.63) is 40.1 Å². The maximum absolute atomic E-state index is 13.9. The van der Waals surface area contributed by atoms with E-state index in [1.807, 2.05) is 6.92 Å². The maximum atomic E-state index is 13.9. The molecule has 0 aliphatic carbocycles. The van der Waals surface area contributed by atoms with E-state index in [-0.39, 0.29) is 17.1 Å². The maximum Gasteiger partial charge on any atom is 0.343 e. The predicted octanol–water partition coefficient (Wildman–Crippen LogP) is 1.37. The zero-order valence-electron chi connectivity index (χ0n) is 11.2. The lowest BCUT2D eigenvalue weighted by Crippen LogP contribution is -2.18. The Kier molecular flexibility index (Phi) is 4.63. The molecule has 4 N–H and O–H groups in total. The van der Waals surface area contributed by atoms with Crippen LogP contribution >= 0.6 is 11.8 Å². The molecule has 0 spiro atoms. The van der Waals surface area contributed by atoms with Crippen LogP contribution in [0.5, 0.6) is 0 Å². The van der Waals surface area contributed by atoms with Crippen LogP contribution in [0.15, 0.2) is 38.2 Å². The van der Waals surface area contributed by atoms with Crippen LogP contribution < -0.4 is 11.4 Å². The quantitative estimate of drug-likeness (QED) is 0.334. The molecular weight excluding hydrogens is 297 g/mol. The van der Waals surface area contributed by atoms with Gasteiger partial charge in [-0.05, 0) is 30.3 Å². The molecule has 2 aromatic rings. The lowest BCUT2D eigenvalue weighted by molar-refractivity contribution is 0.318. The highest BCUT2D eigenvalue weighted by Gasteiger charge is 2.17. The standard InChI is InChI=1S/C12H14FN5O2S/c1-2-6-18-11(19)15-16-12(18)21-8-5-3-4-7(13)9(8)10(14)17-20/h3-5,20H,2,6H2,1H3,(H2,14,17)(H,15,19). The average Bonchev–Trinajstić information content (AvgIpc) is 2.80. The number of oxime groups is 1. The van der Waals surface area contributed by atoms with Gasteiger partial charge in [-0.15, -0.1) is 5.10 Å². The summed E-state index contributed by atoms with van der Waals surface area (Å²) in [4.78, 5) is 12.0. The molecule has 1 aromatic heterocycles. The third kappa shape index (κ3) is 3.07. The van der Waals surface area contributed by atoms with E-state index in [0.717, 1.165) is 18.2 Å². The third-order valence-electron chi connectivity index (χ3n) is 2.71. The van der Waals surface area contributed by atoms with Gasteiger partial charge in [0.05, 0.1) is 5.56 Å². The molecule has 0 amide bonds. The Hall–Kier alpha value is -2.29. The lowest BCUT2D eigenvalue weighted by atomic mass is 10.2. The van der Waals surface area contributed by atoms with E-state index in [1.54, 1.807) is 6.07 Å². The van der Waals surface area contributed by atoms with Crippen molar-refractivity contribution in [1.82, 2.24) is 14.8 Å². The zero-order chi connectivity index (χ0) is 15.4. The van der Waals surface area contributed by atoms with E-state index < -0.39 is 5.82 Å². The summed E-state index contributed by atoms with van der Waals surface area (Å²) in [7, 11) is 0. The number of nitrogens with two attached hydrogens (primary N) is 1. The summed E-state index contributed by atoms with van der Waals surface area (Å²) in [5.41, 5.74) is 5.14. The van der Waals surface area contributed by atoms with Gasteiger partial charge < -0.3 is 10.9 Å². The van der Waals surface area contributed by atoms with Crippen molar-refractivity contribution in [3.8, 4) is 0 Å². The normalized spacial score (nSPS) is 11.8. The number of H-pyrrole nitrogens is 1. The highest BCUT2D eigenvalue weighted by molar-refractivity contribution is 7.99. The lowest BCUT2D eigenvalue weighted by Gasteiger charge is -2.09. The third-order valence-corrected chi connectivity index (χ3v) is 3.77. The number of nitrogens with zero attached hydrogens (tertiary/aromatic N) is 3. The molecule has 0 unspecified atom stereocenters. The Morgan fingerprint density at radius 2 is 2.38 bits per heavy atom. The Morgan fingerprint density at radius 1 is 1.62 bits per heavy atom. The van der Waals surface area contributed by atoms with Crippen LogP contribution in [0.25, 0.3) is 0 Å². The monoisotopic (exact) mass is 311 g/mol. The summed E-state index contributed by atoms with van der Waals surface area (Å²) in [6, 6.07) is 4.32. The minimum atomic E-state index is -0.616. The van der Waals surface area contributed by atoms with Crippen molar-refractivity contribution < 1.29 is 9.60 Å². The first-order valence-corrected chi connectivity index (χ1v) is 6.99. The van der Waals surface area contributed by atoms with Crippen molar-refractivity contribution in [2.75, 3.05) is 0 Å². The number of hydrogen-bond donors (Lipinski definition) is 3. The molecule has 1 heterocycles. The molecule has 0 aliphatic rings. The van der Waals surface area contributed by atoms with Gasteiger partial charge in [0.25, 0.3) is 0 Å². The van der Waals surface area contributed by atoms with E-state index in [9.17, 15) is 9.18 Å². The van der Waals surface area contributed by atoms with Gasteiger partial charge in [-0.1, -0.05) is 18.1 Å². The Balaban J connectivity index is 2.46. The van der Waals surface area contributed by atoms with Crippen LogP contribution in [0.3, 0.4) is 0 Å². The summed E-state index contributed by atoms with van der Waals surface area (Å²) < 4.78 is 15.3. The van der Waals surface area contributed by atoms with Crippen LogP contribution in [-0.2, 0) is 6.54 Å². The van der Waals surface area contributed by atoms with Gasteiger partial charge in [0.2, 0.25) is 0 Å². The number of amidine groups is 1. The first-order chi connectivity index (χ1) is 10.1. The average molecular weight is 311 g/mol. The van der Waals surface area contributed by atoms with Crippen molar-refractivity contribution in [2.24, 2.45) is 10.9 Å². The minimum absolute atomic E-state index is 0.0245. The summed E-state index contributed by atoms with van der Waals surface area (Å²) in [5.74, 6) is -0.953. The minimum Gasteiger partial charge on any atom is -0.409 e. The second-order valence-electron chi connectivity index (χ2n) is 4.16. The second kappa shape index (κ2) is 6.44. The Labute approximate surface area is 123 Å². The van der Waals surface area contributed by atoms with Gasteiger partial charge in [0.1, 0.15) is 5.82 Å². The van der Waals surface area contributed by atoms with Gasteiger partial charge in [-0.25, -0.2) is 14.3 Å². The molecule has 0 aliphatic heterocycles. The molecular formula is C12H14FN5O2S. The topological polar surface area (TPSA) is 109 Å². The van der Waals surface area contributed by atoms with Crippen molar-refractivity contribution >= 4 is 17.6 Å². The van der Waals surface area contributed by atoms with Gasteiger partial charge in [0.15, 0.2) is 11.0 Å². The summed E-state index contributed by atoms with van der Waals surface area (Å²) >= 11 is 1.07. The highest BCUT2D eigenvalue weighted by atomic mass is 32.2. The van der Waals surface area contributed by atoms with E-state index in [1.165, 1.54) is 16.7 Å². The number of nitrogens with one attached hydrogen (secondary N) is 1. The van der Waals surface area contributed by atoms with Crippen LogP contribution in [0.1, 0.15) is 18.9 Å². The highest BCUT2D eigenvalue weighted by Crippen LogP contribution is 2.29. The number of aromatic amines is 1. The van der Waals surface area contributed by atoms with Crippen LogP contribution in [-0.4, -0.2) is 25.8 Å². The van der Waals surface area contributed by atoms with Crippen molar-refractivity contribution in [2.45, 2.75) is 29.9 Å². The van der Waals surface area contributed by atoms with Gasteiger partial charge in [-0.3, -0.25) is 4.57 Å². The van der Waals surface area contributed by atoms with Crippen molar-refractivity contribution in [3.63, 3.8) is 0 Å². The number of aromatic nitrogens is 3. The Bertz CT molecular complexity index is 725. The second-order valence-corrected chi connectivity index (χ2v) is 5.17. The molecule has 0 bridgehead atoms. The van der Waals surface area contributed by atoms with Crippen LogP contribution in [0, 0.1) is 5.82 Å². The molecule has 0 radical (unpaired) electrons. The molecule has 0 saturated heterocycles. The van der Waals surface area contributed by atoms with Gasteiger partial charge >= 0.3 is 5.69 Å². The molecule has 0 saturated carbocycles.